The van der Waals surface area contributed by atoms with Gasteiger partial charge in [0.05, 0.1) is 11.9 Å². The van der Waals surface area contributed by atoms with Gasteiger partial charge in [-0.15, -0.1) is 0 Å². The Hall–Kier alpha value is -2.57. The van der Waals surface area contributed by atoms with Gasteiger partial charge in [0.15, 0.2) is 5.76 Å². The molecule has 6 heteroatoms. The van der Waals surface area contributed by atoms with Gasteiger partial charge in [-0.2, -0.15) is 0 Å². The van der Waals surface area contributed by atoms with E-state index in [4.69, 9.17) is 9.15 Å². The van der Waals surface area contributed by atoms with Crippen molar-refractivity contribution in [1.82, 2.24) is 10.3 Å². The molecule has 0 unspecified atom stereocenters. The van der Waals surface area contributed by atoms with Crippen molar-refractivity contribution in [2.24, 2.45) is 0 Å². The van der Waals surface area contributed by atoms with Crippen molar-refractivity contribution in [2.45, 2.75) is 17.4 Å². The summed E-state index contributed by atoms with van der Waals surface area (Å²) in [5.41, 5.74) is 2.70. The van der Waals surface area contributed by atoms with Gasteiger partial charge in [0.2, 0.25) is 5.91 Å². The number of methoxy groups -OCH3 is 1. The van der Waals surface area contributed by atoms with E-state index in [9.17, 15) is 4.79 Å². The summed E-state index contributed by atoms with van der Waals surface area (Å²) in [6, 6.07) is 19.8. The number of carbonyl (C=O) groups excluding carboxylic acids is 1. The Morgan fingerprint density at radius 3 is 2.37 bits per heavy atom. The van der Waals surface area contributed by atoms with Crippen LogP contribution in [-0.2, 0) is 9.53 Å². The lowest BCUT2D eigenvalue weighted by Crippen LogP contribution is -2.33. The van der Waals surface area contributed by atoms with Crippen LogP contribution in [0.15, 0.2) is 70.3 Å². The number of nitrogens with zero attached hydrogens (tertiary/aromatic N) is 1. The molecule has 3 aromatic rings. The predicted octanol–water partition coefficient (Wildman–Crippen LogP) is 4.25. The molecule has 140 valence electrons. The molecule has 0 spiro atoms. The van der Waals surface area contributed by atoms with Gasteiger partial charge in [-0.1, -0.05) is 72.4 Å². The summed E-state index contributed by atoms with van der Waals surface area (Å²) in [5.74, 6) is 0.633. The first kappa shape index (κ1) is 19.2. The van der Waals surface area contributed by atoms with Crippen LogP contribution in [0.25, 0.3) is 22.6 Å². The highest BCUT2D eigenvalue weighted by molar-refractivity contribution is 8.00. The number of aromatic nitrogens is 1. The maximum atomic E-state index is 12.2. The van der Waals surface area contributed by atoms with Crippen LogP contribution in [0.2, 0.25) is 0 Å². The Balaban J connectivity index is 1.85. The second kappa shape index (κ2) is 9.39. The first-order valence-electron chi connectivity index (χ1n) is 8.74. The number of hydrogen-bond donors (Lipinski definition) is 1. The summed E-state index contributed by atoms with van der Waals surface area (Å²) in [4.78, 5) is 16.9. The number of rotatable bonds is 8. The fourth-order valence-electron chi connectivity index (χ4n) is 2.55. The fourth-order valence-corrected chi connectivity index (χ4v) is 3.32. The molecule has 0 saturated carbocycles. The summed E-state index contributed by atoms with van der Waals surface area (Å²) in [6.07, 6.45) is 0. The highest BCUT2D eigenvalue weighted by Crippen LogP contribution is 2.36. The average molecular weight is 382 g/mol. The molecule has 1 N–H and O–H groups in total. The molecule has 2 aromatic carbocycles. The minimum Gasteiger partial charge on any atom is -0.431 e. The van der Waals surface area contributed by atoms with Crippen molar-refractivity contribution in [2.75, 3.05) is 20.3 Å². The summed E-state index contributed by atoms with van der Waals surface area (Å²) >= 11 is 1.30. The van der Waals surface area contributed by atoms with E-state index < -0.39 is 0 Å². The molecule has 1 amide bonds. The SMILES string of the molecule is COCCNC(=O)[C@@H](C)Sc1nc(-c2ccccc2)c(-c2ccccc2)o1. The molecule has 27 heavy (non-hydrogen) atoms. The quantitative estimate of drug-likeness (QED) is 0.466. The van der Waals surface area contributed by atoms with Crippen LogP contribution in [0.4, 0.5) is 0 Å². The van der Waals surface area contributed by atoms with Gasteiger partial charge >= 0.3 is 0 Å². The first-order valence-corrected chi connectivity index (χ1v) is 9.62. The van der Waals surface area contributed by atoms with E-state index in [-0.39, 0.29) is 11.2 Å². The molecule has 1 aromatic heterocycles. The maximum Gasteiger partial charge on any atom is 0.257 e. The van der Waals surface area contributed by atoms with E-state index in [1.807, 2.05) is 67.6 Å². The molecule has 5 nitrogen and oxygen atoms in total. The number of benzene rings is 2. The third kappa shape index (κ3) is 4.99. The van der Waals surface area contributed by atoms with Crippen molar-refractivity contribution in [3.63, 3.8) is 0 Å². The zero-order valence-corrected chi connectivity index (χ0v) is 16.2. The van der Waals surface area contributed by atoms with Crippen molar-refractivity contribution in [3.05, 3.63) is 60.7 Å². The highest BCUT2D eigenvalue weighted by atomic mass is 32.2. The summed E-state index contributed by atoms with van der Waals surface area (Å²) in [5, 5.41) is 2.98. The molecule has 0 aliphatic heterocycles. The van der Waals surface area contributed by atoms with E-state index >= 15 is 0 Å². The lowest BCUT2D eigenvalue weighted by Gasteiger charge is -2.09. The van der Waals surface area contributed by atoms with E-state index in [1.165, 1.54) is 11.8 Å². The van der Waals surface area contributed by atoms with Crippen molar-refractivity contribution in [1.29, 1.82) is 0 Å². The van der Waals surface area contributed by atoms with Gasteiger partial charge < -0.3 is 14.5 Å². The molecule has 0 aliphatic carbocycles. The van der Waals surface area contributed by atoms with Crippen LogP contribution in [0.1, 0.15) is 6.92 Å². The van der Waals surface area contributed by atoms with E-state index in [0.29, 0.717) is 24.1 Å². The molecule has 0 radical (unpaired) electrons. The second-order valence-electron chi connectivity index (χ2n) is 5.93. The minimum absolute atomic E-state index is 0.0715. The Kier molecular flexibility index (Phi) is 6.68. The Labute approximate surface area is 163 Å². The topological polar surface area (TPSA) is 64.4 Å². The zero-order valence-electron chi connectivity index (χ0n) is 15.3. The molecule has 1 heterocycles. The molecule has 0 aliphatic rings. The largest absolute Gasteiger partial charge is 0.431 e. The normalized spacial score (nSPS) is 11.9. The van der Waals surface area contributed by atoms with Gasteiger partial charge in [-0.25, -0.2) is 4.98 Å². The van der Waals surface area contributed by atoms with Crippen molar-refractivity contribution < 1.29 is 13.9 Å². The van der Waals surface area contributed by atoms with Gasteiger partial charge in [0.25, 0.3) is 5.22 Å². The number of carbonyl (C=O) groups is 1. The number of thioether (sulfide) groups is 1. The van der Waals surface area contributed by atoms with Gasteiger partial charge in [-0.05, 0) is 6.92 Å². The second-order valence-corrected chi connectivity index (χ2v) is 7.23. The van der Waals surface area contributed by atoms with Gasteiger partial charge in [0, 0.05) is 24.8 Å². The molecule has 3 rings (SSSR count). The Bertz CT molecular complexity index is 809. The van der Waals surface area contributed by atoms with Crippen LogP contribution < -0.4 is 5.32 Å². The van der Waals surface area contributed by atoms with E-state index in [1.54, 1.807) is 7.11 Å². The van der Waals surface area contributed by atoms with Gasteiger partial charge in [0.1, 0.15) is 5.69 Å². The minimum atomic E-state index is -0.326. The van der Waals surface area contributed by atoms with E-state index in [2.05, 4.69) is 10.3 Å². The van der Waals surface area contributed by atoms with Crippen LogP contribution in [0.3, 0.4) is 0 Å². The number of amides is 1. The van der Waals surface area contributed by atoms with E-state index in [0.717, 1.165) is 16.8 Å². The smallest absolute Gasteiger partial charge is 0.257 e. The third-order valence-electron chi connectivity index (χ3n) is 3.94. The lowest BCUT2D eigenvalue weighted by molar-refractivity contribution is -0.120. The molecule has 0 fully saturated rings. The summed E-state index contributed by atoms with van der Waals surface area (Å²) in [6.45, 7) is 2.80. The number of ether oxygens (including phenoxy) is 1. The maximum absolute atomic E-state index is 12.2. The number of oxazole rings is 1. The Morgan fingerprint density at radius 2 is 1.74 bits per heavy atom. The zero-order chi connectivity index (χ0) is 19.1. The molecular weight excluding hydrogens is 360 g/mol. The molecule has 0 bridgehead atoms. The van der Waals surface area contributed by atoms with Crippen LogP contribution in [0.5, 0.6) is 0 Å². The monoisotopic (exact) mass is 382 g/mol. The van der Waals surface area contributed by atoms with Gasteiger partial charge in [-0.3, -0.25) is 4.79 Å². The molecule has 0 saturated heterocycles. The van der Waals surface area contributed by atoms with Crippen LogP contribution in [-0.4, -0.2) is 36.4 Å². The predicted molar refractivity (Wildman–Crippen MR) is 108 cm³/mol. The van der Waals surface area contributed by atoms with Crippen LogP contribution >= 0.6 is 11.8 Å². The third-order valence-corrected chi connectivity index (χ3v) is 4.89. The van der Waals surface area contributed by atoms with Crippen LogP contribution in [0, 0.1) is 0 Å². The molecule has 1 atom stereocenters. The number of nitrogens with one attached hydrogen (secondary N) is 1. The lowest BCUT2D eigenvalue weighted by atomic mass is 10.1. The Morgan fingerprint density at radius 1 is 1.11 bits per heavy atom. The summed E-state index contributed by atoms with van der Waals surface area (Å²) in [7, 11) is 1.60. The fraction of sp³-hybridized carbons (Fsp3) is 0.238. The highest BCUT2D eigenvalue weighted by Gasteiger charge is 2.21. The van der Waals surface area contributed by atoms with Crippen molar-refractivity contribution >= 4 is 17.7 Å². The average Bonchev–Trinajstić information content (AvgIpc) is 3.13. The van der Waals surface area contributed by atoms with Crippen molar-refractivity contribution in [3.8, 4) is 22.6 Å². The summed E-state index contributed by atoms with van der Waals surface area (Å²) < 4.78 is 11.0. The number of hydrogen-bond acceptors (Lipinski definition) is 5. The standard InChI is InChI=1S/C21H22N2O3S/c1-15(20(24)22-13-14-25-2)27-21-23-18(16-9-5-3-6-10-16)19(26-21)17-11-7-4-8-12-17/h3-12,15H,13-14H2,1-2H3,(H,22,24)/t15-/m1/s1. The molecular formula is C21H22N2O3S. The first-order chi connectivity index (χ1) is 13.2.